The van der Waals surface area contributed by atoms with E-state index in [2.05, 4.69) is 46.1 Å². The van der Waals surface area contributed by atoms with Gasteiger partial charge in [-0.15, -0.1) is 0 Å². The standard InChI is InChI=1S/C15H19N3/c1-12-4-2-3-5-14(12)18-11-17-10-15(18)13-6-8-16-9-7-13/h2-5,10-11,13,16H,6-9H2,1H3. The van der Waals surface area contributed by atoms with Crippen molar-refractivity contribution in [2.24, 2.45) is 0 Å². The van der Waals surface area contributed by atoms with Crippen molar-refractivity contribution in [3.8, 4) is 5.69 Å². The second-order valence-electron chi connectivity index (χ2n) is 5.00. The maximum absolute atomic E-state index is 4.36. The highest BCUT2D eigenvalue weighted by atomic mass is 15.1. The van der Waals surface area contributed by atoms with Gasteiger partial charge in [0.25, 0.3) is 0 Å². The van der Waals surface area contributed by atoms with Crippen molar-refractivity contribution >= 4 is 0 Å². The molecule has 1 aromatic carbocycles. The van der Waals surface area contributed by atoms with Crippen molar-refractivity contribution in [3.63, 3.8) is 0 Å². The SMILES string of the molecule is Cc1ccccc1-n1cncc1C1CCNCC1. The summed E-state index contributed by atoms with van der Waals surface area (Å²) in [6.45, 7) is 4.38. The summed E-state index contributed by atoms with van der Waals surface area (Å²) in [4.78, 5) is 4.36. The van der Waals surface area contributed by atoms with E-state index in [1.807, 2.05) is 12.5 Å². The lowest BCUT2D eigenvalue weighted by Gasteiger charge is -2.24. The predicted octanol–water partition coefficient (Wildman–Crippen LogP) is 2.65. The van der Waals surface area contributed by atoms with Crippen molar-refractivity contribution in [2.75, 3.05) is 13.1 Å². The second-order valence-corrected chi connectivity index (χ2v) is 5.00. The first kappa shape index (κ1) is 11.5. The molecule has 0 atom stereocenters. The monoisotopic (exact) mass is 241 g/mol. The largest absolute Gasteiger partial charge is 0.317 e. The molecule has 1 N–H and O–H groups in total. The average molecular weight is 241 g/mol. The fourth-order valence-corrected chi connectivity index (χ4v) is 2.76. The fraction of sp³-hybridized carbons (Fsp3) is 0.400. The summed E-state index contributed by atoms with van der Waals surface area (Å²) in [6.07, 6.45) is 6.39. The van der Waals surface area contributed by atoms with Crippen molar-refractivity contribution < 1.29 is 0 Å². The Bertz CT molecular complexity index is 524. The highest BCUT2D eigenvalue weighted by Crippen LogP contribution is 2.27. The van der Waals surface area contributed by atoms with Gasteiger partial charge in [-0.3, -0.25) is 0 Å². The van der Waals surface area contributed by atoms with Gasteiger partial charge in [-0.25, -0.2) is 4.98 Å². The zero-order valence-corrected chi connectivity index (χ0v) is 10.8. The lowest BCUT2D eigenvalue weighted by molar-refractivity contribution is 0.449. The van der Waals surface area contributed by atoms with Crippen molar-refractivity contribution in [3.05, 3.63) is 48.0 Å². The molecule has 0 unspecified atom stereocenters. The summed E-state index contributed by atoms with van der Waals surface area (Å²) in [5.41, 5.74) is 3.90. The Morgan fingerprint density at radius 2 is 2.00 bits per heavy atom. The summed E-state index contributed by atoms with van der Waals surface area (Å²) in [6, 6.07) is 8.50. The Kier molecular flexibility index (Phi) is 3.15. The molecule has 18 heavy (non-hydrogen) atoms. The van der Waals surface area contributed by atoms with Crippen LogP contribution in [-0.2, 0) is 0 Å². The van der Waals surface area contributed by atoms with Gasteiger partial charge in [0.05, 0.1) is 6.33 Å². The Labute approximate surface area is 108 Å². The number of aromatic nitrogens is 2. The van der Waals surface area contributed by atoms with Crippen LogP contribution in [-0.4, -0.2) is 22.6 Å². The van der Waals surface area contributed by atoms with E-state index in [1.54, 1.807) is 0 Å². The van der Waals surface area contributed by atoms with E-state index in [9.17, 15) is 0 Å². The average Bonchev–Trinajstić information content (AvgIpc) is 2.89. The summed E-state index contributed by atoms with van der Waals surface area (Å²) in [5.74, 6) is 0.633. The predicted molar refractivity (Wildman–Crippen MR) is 73.1 cm³/mol. The normalized spacial score (nSPS) is 16.9. The smallest absolute Gasteiger partial charge is 0.0994 e. The lowest BCUT2D eigenvalue weighted by Crippen LogP contribution is -2.27. The number of nitrogens with one attached hydrogen (secondary N) is 1. The number of para-hydroxylation sites is 1. The third-order valence-corrected chi connectivity index (χ3v) is 3.80. The minimum Gasteiger partial charge on any atom is -0.317 e. The zero-order valence-electron chi connectivity index (χ0n) is 10.8. The third kappa shape index (κ3) is 2.06. The first-order valence-electron chi connectivity index (χ1n) is 6.65. The van der Waals surface area contributed by atoms with Gasteiger partial charge < -0.3 is 9.88 Å². The topological polar surface area (TPSA) is 29.9 Å². The first-order chi connectivity index (χ1) is 8.86. The van der Waals surface area contributed by atoms with Crippen LogP contribution in [0.2, 0.25) is 0 Å². The van der Waals surface area contributed by atoms with Crippen LogP contribution in [0, 0.1) is 6.92 Å². The molecule has 3 nitrogen and oxygen atoms in total. The molecule has 0 radical (unpaired) electrons. The van der Waals surface area contributed by atoms with E-state index in [1.165, 1.54) is 29.8 Å². The number of imidazole rings is 1. The van der Waals surface area contributed by atoms with Crippen LogP contribution in [0.25, 0.3) is 5.69 Å². The molecule has 1 aliphatic rings. The van der Waals surface area contributed by atoms with Gasteiger partial charge in [-0.1, -0.05) is 18.2 Å². The van der Waals surface area contributed by atoms with Crippen LogP contribution in [0.5, 0.6) is 0 Å². The second kappa shape index (κ2) is 4.94. The van der Waals surface area contributed by atoms with E-state index >= 15 is 0 Å². The Balaban J connectivity index is 1.98. The fourth-order valence-electron chi connectivity index (χ4n) is 2.76. The molecule has 0 saturated carbocycles. The molecule has 0 spiro atoms. The van der Waals surface area contributed by atoms with Crippen molar-refractivity contribution in [1.29, 1.82) is 0 Å². The quantitative estimate of drug-likeness (QED) is 0.876. The molecule has 0 bridgehead atoms. The van der Waals surface area contributed by atoms with Gasteiger partial charge in [0.15, 0.2) is 0 Å². The van der Waals surface area contributed by atoms with E-state index in [-0.39, 0.29) is 0 Å². The van der Waals surface area contributed by atoms with Gasteiger partial charge in [0, 0.05) is 23.5 Å². The minimum absolute atomic E-state index is 0.633. The van der Waals surface area contributed by atoms with E-state index < -0.39 is 0 Å². The number of aryl methyl sites for hydroxylation is 1. The van der Waals surface area contributed by atoms with E-state index in [4.69, 9.17) is 0 Å². The molecule has 2 heterocycles. The maximum atomic E-state index is 4.36. The van der Waals surface area contributed by atoms with Crippen LogP contribution in [0.3, 0.4) is 0 Å². The number of hydrogen-bond acceptors (Lipinski definition) is 2. The third-order valence-electron chi connectivity index (χ3n) is 3.80. The van der Waals surface area contributed by atoms with Gasteiger partial charge in [0.1, 0.15) is 0 Å². The molecule has 94 valence electrons. The van der Waals surface area contributed by atoms with E-state index in [0.717, 1.165) is 13.1 Å². The highest BCUT2D eigenvalue weighted by molar-refractivity contribution is 5.41. The van der Waals surface area contributed by atoms with Crippen LogP contribution in [0.15, 0.2) is 36.8 Å². The van der Waals surface area contributed by atoms with Gasteiger partial charge in [0.2, 0.25) is 0 Å². The van der Waals surface area contributed by atoms with Crippen LogP contribution in [0.4, 0.5) is 0 Å². The lowest BCUT2D eigenvalue weighted by atomic mass is 9.94. The number of benzene rings is 1. The molecule has 0 aliphatic carbocycles. The molecule has 3 rings (SSSR count). The number of hydrogen-bond donors (Lipinski definition) is 1. The summed E-state index contributed by atoms with van der Waals surface area (Å²) < 4.78 is 2.26. The molecule has 1 aliphatic heterocycles. The Hall–Kier alpha value is -1.61. The summed E-state index contributed by atoms with van der Waals surface area (Å²) in [7, 11) is 0. The zero-order chi connectivity index (χ0) is 12.4. The molecule has 1 saturated heterocycles. The molecular weight excluding hydrogens is 222 g/mol. The Morgan fingerprint density at radius 3 is 2.78 bits per heavy atom. The van der Waals surface area contributed by atoms with Crippen LogP contribution < -0.4 is 5.32 Å². The van der Waals surface area contributed by atoms with E-state index in [0.29, 0.717) is 5.92 Å². The molecule has 2 aromatic rings. The number of nitrogens with zero attached hydrogens (tertiary/aromatic N) is 2. The maximum Gasteiger partial charge on any atom is 0.0994 e. The van der Waals surface area contributed by atoms with Crippen LogP contribution >= 0.6 is 0 Å². The number of rotatable bonds is 2. The molecule has 1 fully saturated rings. The van der Waals surface area contributed by atoms with Gasteiger partial charge in [-0.2, -0.15) is 0 Å². The Morgan fingerprint density at radius 1 is 1.22 bits per heavy atom. The summed E-state index contributed by atoms with van der Waals surface area (Å²) >= 11 is 0. The molecular formula is C15H19N3. The minimum atomic E-state index is 0.633. The molecule has 3 heteroatoms. The molecule has 1 aromatic heterocycles. The van der Waals surface area contributed by atoms with Crippen molar-refractivity contribution in [1.82, 2.24) is 14.9 Å². The molecule has 0 amide bonds. The van der Waals surface area contributed by atoms with Crippen LogP contribution in [0.1, 0.15) is 30.0 Å². The number of piperidine rings is 1. The highest BCUT2D eigenvalue weighted by Gasteiger charge is 2.19. The summed E-state index contributed by atoms with van der Waals surface area (Å²) in [5, 5.41) is 3.42. The van der Waals surface area contributed by atoms with Crippen molar-refractivity contribution in [2.45, 2.75) is 25.7 Å². The van der Waals surface area contributed by atoms with Gasteiger partial charge >= 0.3 is 0 Å². The van der Waals surface area contributed by atoms with Gasteiger partial charge in [-0.05, 0) is 44.5 Å². The first-order valence-corrected chi connectivity index (χ1v) is 6.65.